The number of carbonyl (C=O) groups excluding carboxylic acids is 1. The van der Waals surface area contributed by atoms with Crippen LogP contribution in [0.15, 0.2) is 79.3 Å². The van der Waals surface area contributed by atoms with Gasteiger partial charge in [-0.1, -0.05) is 24.3 Å². The Balaban J connectivity index is 1.50. The summed E-state index contributed by atoms with van der Waals surface area (Å²) in [6.07, 6.45) is 4.87. The van der Waals surface area contributed by atoms with Crippen LogP contribution in [0.1, 0.15) is 34.5 Å². The molecule has 0 unspecified atom stereocenters. The number of nitrogens with two attached hydrogens (primary N) is 1. The maximum Gasteiger partial charge on any atom is 0.255 e. The predicted molar refractivity (Wildman–Crippen MR) is 141 cm³/mol. The molecule has 7 heteroatoms. The molecule has 0 aliphatic rings. The van der Waals surface area contributed by atoms with Gasteiger partial charge in [0.25, 0.3) is 5.91 Å². The first kappa shape index (κ1) is 23.8. The second kappa shape index (κ2) is 10.3. The lowest BCUT2D eigenvalue weighted by atomic mass is 10.1. The maximum absolute atomic E-state index is 12.9. The molecule has 35 heavy (non-hydrogen) atoms. The Morgan fingerprint density at radius 2 is 1.86 bits per heavy atom. The van der Waals surface area contributed by atoms with Gasteiger partial charge in [-0.05, 0) is 61.4 Å². The fraction of sp³-hybridized carbons (Fsp3) is 0.179. The number of benzene rings is 2. The highest BCUT2D eigenvalue weighted by molar-refractivity contribution is 6.05. The molecule has 7 nitrogen and oxygen atoms in total. The summed E-state index contributed by atoms with van der Waals surface area (Å²) in [4.78, 5) is 23.3. The lowest BCUT2D eigenvalue weighted by Gasteiger charge is -2.18. The summed E-state index contributed by atoms with van der Waals surface area (Å²) in [5, 5.41) is 2.99. The van der Waals surface area contributed by atoms with Crippen LogP contribution in [0.3, 0.4) is 0 Å². The molecule has 4 aromatic rings. The summed E-state index contributed by atoms with van der Waals surface area (Å²) in [5.41, 5.74) is 12.2. The van der Waals surface area contributed by atoms with E-state index >= 15 is 0 Å². The van der Waals surface area contributed by atoms with Crippen molar-refractivity contribution < 1.29 is 9.53 Å². The Morgan fingerprint density at radius 3 is 2.60 bits per heavy atom. The molecule has 0 aliphatic carbocycles. The largest absolute Gasteiger partial charge is 0.482 e. The number of anilines is 3. The number of aryl methyl sites for hydroxylation is 1. The van der Waals surface area contributed by atoms with Crippen molar-refractivity contribution in [1.29, 1.82) is 0 Å². The predicted octanol–water partition coefficient (Wildman–Crippen LogP) is 5.49. The minimum Gasteiger partial charge on any atom is -0.482 e. The van der Waals surface area contributed by atoms with Gasteiger partial charge < -0.3 is 20.7 Å². The van der Waals surface area contributed by atoms with Crippen molar-refractivity contribution >= 4 is 23.1 Å². The Labute approximate surface area is 205 Å². The number of aromatic nitrogens is 2. The van der Waals surface area contributed by atoms with E-state index in [1.54, 1.807) is 18.6 Å². The number of nitrogen functional groups attached to an aromatic ring is 1. The summed E-state index contributed by atoms with van der Waals surface area (Å²) >= 11 is 0. The molecule has 0 aliphatic heterocycles. The van der Waals surface area contributed by atoms with Crippen molar-refractivity contribution in [3.63, 3.8) is 0 Å². The van der Waals surface area contributed by atoms with Crippen molar-refractivity contribution in [2.45, 2.75) is 20.0 Å². The average Bonchev–Trinajstić information content (AvgIpc) is 2.86. The molecule has 4 rings (SSSR count). The number of carbonyl (C=O) groups is 1. The highest BCUT2D eigenvalue weighted by Gasteiger charge is 2.14. The van der Waals surface area contributed by atoms with Crippen molar-refractivity contribution in [3.8, 4) is 16.9 Å². The molecular weight excluding hydrogens is 438 g/mol. The minimum atomic E-state index is -0.320. The quantitative estimate of drug-likeness (QED) is 0.373. The molecule has 0 radical (unpaired) electrons. The van der Waals surface area contributed by atoms with E-state index in [-0.39, 0.29) is 12.0 Å². The Bertz CT molecular complexity index is 1340. The molecule has 2 aromatic heterocycles. The number of hydrogen-bond acceptors (Lipinski definition) is 6. The standard InChI is InChI=1S/C28H29N5O2/c1-18-10-11-21(14-25(18)33(3)4)28(34)32-24-9-5-7-20(13-24)19(2)35-26-15-23(17-31-27(26)29)22-8-6-12-30-16-22/h5-17,19H,1-4H3,(H2,29,31)(H,32,34)/t19-/m1/s1. The first-order chi connectivity index (χ1) is 16.8. The van der Waals surface area contributed by atoms with E-state index in [2.05, 4.69) is 15.3 Å². The number of hydrogen-bond donors (Lipinski definition) is 2. The number of pyridine rings is 2. The van der Waals surface area contributed by atoms with Crippen LogP contribution in [0.25, 0.3) is 11.1 Å². The van der Waals surface area contributed by atoms with Gasteiger partial charge in [-0.2, -0.15) is 0 Å². The van der Waals surface area contributed by atoms with E-state index in [1.165, 1.54) is 0 Å². The van der Waals surface area contributed by atoms with Gasteiger partial charge in [-0.15, -0.1) is 0 Å². The molecule has 1 atom stereocenters. The van der Waals surface area contributed by atoms with Crippen molar-refractivity contribution in [3.05, 3.63) is 95.9 Å². The van der Waals surface area contributed by atoms with Gasteiger partial charge >= 0.3 is 0 Å². The van der Waals surface area contributed by atoms with Crippen LogP contribution in [-0.2, 0) is 0 Å². The van der Waals surface area contributed by atoms with E-state index in [9.17, 15) is 4.79 Å². The first-order valence-corrected chi connectivity index (χ1v) is 11.3. The number of nitrogens with zero attached hydrogens (tertiary/aromatic N) is 3. The van der Waals surface area contributed by atoms with Crippen LogP contribution >= 0.6 is 0 Å². The molecule has 0 spiro atoms. The minimum absolute atomic E-state index is 0.170. The van der Waals surface area contributed by atoms with Gasteiger partial charge in [0.15, 0.2) is 11.6 Å². The van der Waals surface area contributed by atoms with Gasteiger partial charge in [0, 0.05) is 60.8 Å². The van der Waals surface area contributed by atoms with E-state index in [0.29, 0.717) is 22.8 Å². The highest BCUT2D eigenvalue weighted by Crippen LogP contribution is 2.31. The number of amides is 1. The van der Waals surface area contributed by atoms with E-state index in [4.69, 9.17) is 10.5 Å². The first-order valence-electron chi connectivity index (χ1n) is 11.3. The molecule has 0 saturated carbocycles. The number of nitrogens with one attached hydrogen (secondary N) is 1. The third kappa shape index (κ3) is 5.58. The maximum atomic E-state index is 12.9. The topological polar surface area (TPSA) is 93.4 Å². The zero-order valence-electron chi connectivity index (χ0n) is 20.3. The molecule has 2 heterocycles. The summed E-state index contributed by atoms with van der Waals surface area (Å²) in [6.45, 7) is 3.96. The van der Waals surface area contributed by atoms with Crippen LogP contribution in [0.2, 0.25) is 0 Å². The smallest absolute Gasteiger partial charge is 0.255 e. The van der Waals surface area contributed by atoms with Crippen LogP contribution in [0, 0.1) is 6.92 Å². The molecule has 2 aromatic carbocycles. The van der Waals surface area contributed by atoms with E-state index in [0.717, 1.165) is 27.9 Å². The molecule has 0 bridgehead atoms. The van der Waals surface area contributed by atoms with Gasteiger partial charge in [-0.25, -0.2) is 4.98 Å². The van der Waals surface area contributed by atoms with Crippen molar-refractivity contribution in [2.75, 3.05) is 30.0 Å². The molecular formula is C28H29N5O2. The molecule has 1 amide bonds. The van der Waals surface area contributed by atoms with Crippen LogP contribution < -0.4 is 20.7 Å². The van der Waals surface area contributed by atoms with E-state index < -0.39 is 0 Å². The van der Waals surface area contributed by atoms with Crippen LogP contribution in [0.5, 0.6) is 5.75 Å². The highest BCUT2D eigenvalue weighted by atomic mass is 16.5. The van der Waals surface area contributed by atoms with Gasteiger partial charge in [0.2, 0.25) is 0 Å². The van der Waals surface area contributed by atoms with Gasteiger partial charge in [0.05, 0.1) is 0 Å². The zero-order chi connectivity index (χ0) is 24.9. The second-order valence-electron chi connectivity index (χ2n) is 8.58. The summed E-state index contributed by atoms with van der Waals surface area (Å²) in [7, 11) is 3.92. The van der Waals surface area contributed by atoms with E-state index in [1.807, 2.05) is 93.5 Å². The Hall–Kier alpha value is -4.39. The monoisotopic (exact) mass is 467 g/mol. The third-order valence-electron chi connectivity index (χ3n) is 5.75. The molecule has 0 saturated heterocycles. The molecule has 178 valence electrons. The summed E-state index contributed by atoms with van der Waals surface area (Å²) in [6, 6.07) is 19.0. The van der Waals surface area contributed by atoms with Gasteiger partial charge in [-0.3, -0.25) is 9.78 Å². The lowest BCUT2D eigenvalue weighted by molar-refractivity contribution is 0.102. The summed E-state index contributed by atoms with van der Waals surface area (Å²) < 4.78 is 6.17. The Morgan fingerprint density at radius 1 is 1.03 bits per heavy atom. The Kier molecular flexibility index (Phi) is 6.96. The average molecular weight is 468 g/mol. The van der Waals surface area contributed by atoms with Gasteiger partial charge in [0.1, 0.15) is 6.10 Å². The molecule has 0 fully saturated rings. The second-order valence-corrected chi connectivity index (χ2v) is 8.58. The third-order valence-corrected chi connectivity index (χ3v) is 5.75. The van der Waals surface area contributed by atoms with Crippen LogP contribution in [-0.4, -0.2) is 30.0 Å². The zero-order valence-corrected chi connectivity index (χ0v) is 20.3. The van der Waals surface area contributed by atoms with Crippen molar-refractivity contribution in [2.24, 2.45) is 0 Å². The fourth-order valence-electron chi connectivity index (χ4n) is 3.80. The normalized spacial score (nSPS) is 11.5. The summed E-state index contributed by atoms with van der Waals surface area (Å²) in [5.74, 6) is 0.630. The van der Waals surface area contributed by atoms with Crippen molar-refractivity contribution in [1.82, 2.24) is 9.97 Å². The lowest BCUT2D eigenvalue weighted by Crippen LogP contribution is -2.15. The fourth-order valence-corrected chi connectivity index (χ4v) is 3.80. The SMILES string of the molecule is Cc1ccc(C(=O)Nc2cccc([C@@H](C)Oc3cc(-c4cccnc4)cnc3N)c2)cc1N(C)C. The number of rotatable bonds is 7. The molecule has 3 N–H and O–H groups in total. The van der Waals surface area contributed by atoms with Crippen LogP contribution in [0.4, 0.5) is 17.2 Å². The number of ether oxygens (including phenoxy) is 1.